The summed E-state index contributed by atoms with van der Waals surface area (Å²) in [6.07, 6.45) is 0. The molecule has 5 heteroatoms. The van der Waals surface area contributed by atoms with Crippen molar-refractivity contribution >= 4 is 21.8 Å². The van der Waals surface area contributed by atoms with Gasteiger partial charge in [0.15, 0.2) is 0 Å². The summed E-state index contributed by atoms with van der Waals surface area (Å²) < 4.78 is 6.24. The van der Waals surface area contributed by atoms with Crippen molar-refractivity contribution in [1.29, 1.82) is 5.26 Å². The summed E-state index contributed by atoms with van der Waals surface area (Å²) in [5.74, 6) is 0.342. The van der Waals surface area contributed by atoms with Gasteiger partial charge in [0.05, 0.1) is 11.1 Å². The van der Waals surface area contributed by atoms with Crippen molar-refractivity contribution in [2.24, 2.45) is 5.73 Å². The van der Waals surface area contributed by atoms with Crippen molar-refractivity contribution in [3.05, 3.63) is 58.1 Å². The Hall–Kier alpha value is -2.32. The van der Waals surface area contributed by atoms with Crippen LogP contribution in [0, 0.1) is 11.3 Å². The van der Waals surface area contributed by atoms with Gasteiger partial charge in [-0.25, -0.2) is 0 Å². The lowest BCUT2D eigenvalue weighted by Crippen LogP contribution is -2.11. The predicted molar refractivity (Wildman–Crippen MR) is 73.9 cm³/mol. The monoisotopic (exact) mass is 316 g/mol. The quantitative estimate of drug-likeness (QED) is 0.944. The lowest BCUT2D eigenvalue weighted by molar-refractivity contribution is 0.0998. The average molecular weight is 317 g/mol. The number of carbonyl (C=O) groups excluding carboxylic acids is 1. The maximum absolute atomic E-state index is 11.3. The third kappa shape index (κ3) is 2.92. The Bertz CT molecular complexity index is 677. The zero-order valence-electron chi connectivity index (χ0n) is 9.76. The van der Waals surface area contributed by atoms with Crippen molar-refractivity contribution in [3.8, 4) is 17.6 Å². The molecule has 0 bridgehead atoms. The molecule has 0 atom stereocenters. The van der Waals surface area contributed by atoms with E-state index >= 15 is 0 Å². The molecule has 0 aromatic heterocycles. The number of benzene rings is 2. The Morgan fingerprint density at radius 2 is 2.00 bits per heavy atom. The van der Waals surface area contributed by atoms with Crippen LogP contribution in [0.4, 0.5) is 0 Å². The first-order valence-electron chi connectivity index (χ1n) is 5.38. The number of rotatable bonds is 3. The van der Waals surface area contributed by atoms with Crippen molar-refractivity contribution in [1.82, 2.24) is 0 Å². The number of para-hydroxylation sites is 1. The second-order valence-corrected chi connectivity index (χ2v) is 4.57. The van der Waals surface area contributed by atoms with Crippen LogP contribution in [-0.2, 0) is 0 Å². The number of ether oxygens (including phenoxy) is 1. The minimum atomic E-state index is -0.552. The number of amides is 1. The van der Waals surface area contributed by atoms with Crippen molar-refractivity contribution in [2.75, 3.05) is 0 Å². The minimum Gasteiger partial charge on any atom is -0.456 e. The van der Waals surface area contributed by atoms with Gasteiger partial charge < -0.3 is 10.5 Å². The SMILES string of the molecule is N#Cc1ccc(Oc2ccccc2C(N)=O)cc1Br. The van der Waals surface area contributed by atoms with Gasteiger partial charge in [0.2, 0.25) is 0 Å². The van der Waals surface area contributed by atoms with Crippen LogP contribution in [-0.4, -0.2) is 5.91 Å². The predicted octanol–water partition coefficient (Wildman–Crippen LogP) is 3.21. The molecule has 94 valence electrons. The van der Waals surface area contributed by atoms with E-state index in [0.717, 1.165) is 0 Å². The molecule has 0 fully saturated rings. The molecule has 0 saturated carbocycles. The molecule has 0 unspecified atom stereocenters. The van der Waals surface area contributed by atoms with Crippen LogP contribution in [0.15, 0.2) is 46.9 Å². The van der Waals surface area contributed by atoms with Crippen molar-refractivity contribution in [2.45, 2.75) is 0 Å². The molecule has 19 heavy (non-hydrogen) atoms. The van der Waals surface area contributed by atoms with E-state index < -0.39 is 5.91 Å². The van der Waals surface area contributed by atoms with Crippen LogP contribution in [0.2, 0.25) is 0 Å². The maximum atomic E-state index is 11.3. The lowest BCUT2D eigenvalue weighted by atomic mass is 10.2. The molecule has 2 aromatic rings. The number of hydrogen-bond donors (Lipinski definition) is 1. The summed E-state index contributed by atoms with van der Waals surface area (Å²) in [5, 5.41) is 8.83. The summed E-state index contributed by atoms with van der Waals surface area (Å²) in [7, 11) is 0. The fraction of sp³-hybridized carbons (Fsp3) is 0. The Kier molecular flexibility index (Phi) is 3.83. The molecule has 0 saturated heterocycles. The Balaban J connectivity index is 2.34. The lowest BCUT2D eigenvalue weighted by Gasteiger charge is -2.09. The number of primary amides is 1. The average Bonchev–Trinajstić information content (AvgIpc) is 2.39. The third-order valence-electron chi connectivity index (χ3n) is 2.44. The molecule has 2 N–H and O–H groups in total. The van der Waals surface area contributed by atoms with E-state index in [1.165, 1.54) is 0 Å². The molecular formula is C14H9BrN2O2. The molecule has 0 spiro atoms. The van der Waals surface area contributed by atoms with Gasteiger partial charge in [-0.05, 0) is 46.3 Å². The molecule has 1 amide bonds. The molecule has 2 aromatic carbocycles. The van der Waals surface area contributed by atoms with E-state index in [-0.39, 0.29) is 0 Å². The molecular weight excluding hydrogens is 308 g/mol. The highest BCUT2D eigenvalue weighted by Crippen LogP contribution is 2.28. The zero-order chi connectivity index (χ0) is 13.8. The second-order valence-electron chi connectivity index (χ2n) is 3.72. The first kappa shape index (κ1) is 13.1. The van der Waals surface area contributed by atoms with Crippen LogP contribution >= 0.6 is 15.9 Å². The molecule has 0 aliphatic carbocycles. The minimum absolute atomic E-state index is 0.308. The smallest absolute Gasteiger partial charge is 0.252 e. The Morgan fingerprint density at radius 1 is 1.26 bits per heavy atom. The van der Waals surface area contributed by atoms with E-state index in [1.54, 1.807) is 42.5 Å². The van der Waals surface area contributed by atoms with Crippen molar-refractivity contribution in [3.63, 3.8) is 0 Å². The summed E-state index contributed by atoms with van der Waals surface area (Å²) in [6.45, 7) is 0. The fourth-order valence-electron chi connectivity index (χ4n) is 1.54. The van der Waals surface area contributed by atoms with E-state index in [0.29, 0.717) is 27.1 Å². The van der Waals surface area contributed by atoms with Gasteiger partial charge in [0.25, 0.3) is 5.91 Å². The second kappa shape index (κ2) is 5.55. The number of nitriles is 1. The molecule has 0 aliphatic heterocycles. The summed E-state index contributed by atoms with van der Waals surface area (Å²) >= 11 is 3.27. The Morgan fingerprint density at radius 3 is 2.63 bits per heavy atom. The van der Waals surface area contributed by atoms with Gasteiger partial charge in [-0.1, -0.05) is 12.1 Å². The van der Waals surface area contributed by atoms with Gasteiger partial charge in [-0.3, -0.25) is 4.79 Å². The summed E-state index contributed by atoms with van der Waals surface area (Å²) in [6, 6.07) is 13.7. The van der Waals surface area contributed by atoms with Crippen LogP contribution < -0.4 is 10.5 Å². The topological polar surface area (TPSA) is 76.1 Å². The van der Waals surface area contributed by atoms with Gasteiger partial charge in [0.1, 0.15) is 17.6 Å². The van der Waals surface area contributed by atoms with Gasteiger partial charge in [-0.2, -0.15) is 5.26 Å². The van der Waals surface area contributed by atoms with E-state index in [1.807, 2.05) is 6.07 Å². The van der Waals surface area contributed by atoms with E-state index in [9.17, 15) is 4.79 Å². The largest absolute Gasteiger partial charge is 0.456 e. The van der Waals surface area contributed by atoms with Gasteiger partial charge in [-0.15, -0.1) is 0 Å². The normalized spacial score (nSPS) is 9.68. The highest BCUT2D eigenvalue weighted by molar-refractivity contribution is 9.10. The fourth-order valence-corrected chi connectivity index (χ4v) is 1.98. The highest BCUT2D eigenvalue weighted by atomic mass is 79.9. The molecule has 2 rings (SSSR count). The van der Waals surface area contributed by atoms with Crippen LogP contribution in [0.1, 0.15) is 15.9 Å². The summed E-state index contributed by atoms with van der Waals surface area (Å²) in [5.41, 5.74) is 6.09. The molecule has 0 radical (unpaired) electrons. The van der Waals surface area contributed by atoms with E-state index in [4.69, 9.17) is 15.7 Å². The first-order chi connectivity index (χ1) is 9.11. The number of nitrogens with two attached hydrogens (primary N) is 1. The van der Waals surface area contributed by atoms with Gasteiger partial charge >= 0.3 is 0 Å². The number of nitrogens with zero attached hydrogens (tertiary/aromatic N) is 1. The number of carbonyl (C=O) groups is 1. The standard InChI is InChI=1S/C14H9BrN2O2/c15-12-7-10(6-5-9(12)8-16)19-13-4-2-1-3-11(13)14(17)18/h1-7H,(H2,17,18). The highest BCUT2D eigenvalue weighted by Gasteiger charge is 2.10. The number of hydrogen-bond acceptors (Lipinski definition) is 3. The van der Waals surface area contributed by atoms with Crippen LogP contribution in [0.3, 0.4) is 0 Å². The summed E-state index contributed by atoms with van der Waals surface area (Å²) in [4.78, 5) is 11.3. The van der Waals surface area contributed by atoms with Crippen LogP contribution in [0.5, 0.6) is 11.5 Å². The molecule has 0 aliphatic rings. The Labute approximate surface area is 118 Å². The first-order valence-corrected chi connectivity index (χ1v) is 6.17. The third-order valence-corrected chi connectivity index (χ3v) is 3.10. The van der Waals surface area contributed by atoms with Gasteiger partial charge in [0, 0.05) is 4.47 Å². The zero-order valence-corrected chi connectivity index (χ0v) is 11.3. The maximum Gasteiger partial charge on any atom is 0.252 e. The van der Waals surface area contributed by atoms with Crippen LogP contribution in [0.25, 0.3) is 0 Å². The van der Waals surface area contributed by atoms with E-state index in [2.05, 4.69) is 15.9 Å². The molecule has 0 heterocycles. The molecule has 4 nitrogen and oxygen atoms in total. The van der Waals surface area contributed by atoms with Crippen molar-refractivity contribution < 1.29 is 9.53 Å². The number of halogens is 1.